The van der Waals surface area contributed by atoms with Crippen LogP contribution in [-0.4, -0.2) is 28.5 Å². The Morgan fingerprint density at radius 3 is 2.86 bits per heavy atom. The van der Waals surface area contributed by atoms with E-state index in [0.717, 1.165) is 0 Å². The lowest BCUT2D eigenvalue weighted by molar-refractivity contribution is -0.140. The molecule has 1 unspecified atom stereocenters. The normalized spacial score (nSPS) is 12.1. The Bertz CT molecular complexity index is 319. The maximum Gasteiger partial charge on any atom is 0.308 e. The molecule has 0 aliphatic carbocycles. The van der Waals surface area contributed by atoms with Crippen LogP contribution in [-0.2, 0) is 4.79 Å². The Balaban J connectivity index is 2.40. The Hall–Kier alpha value is -1.78. The number of rotatable bonds is 4. The zero-order chi connectivity index (χ0) is 10.6. The smallest absolute Gasteiger partial charge is 0.308 e. The number of nitrogens with one attached hydrogen (secondary N) is 2. The van der Waals surface area contributed by atoms with E-state index in [0.29, 0.717) is 5.56 Å². The molecular formula is C9H12N2O3. The number of carbonyl (C=O) groups is 2. The fourth-order valence-electron chi connectivity index (χ4n) is 0.900. The summed E-state index contributed by atoms with van der Waals surface area (Å²) in [6, 6.07) is 1.63. The number of carbonyl (C=O) groups excluding carboxylic acids is 1. The minimum atomic E-state index is -0.917. The topological polar surface area (TPSA) is 82.2 Å². The highest BCUT2D eigenvalue weighted by Gasteiger charge is 2.12. The first-order chi connectivity index (χ1) is 6.61. The molecule has 1 aromatic rings. The first-order valence-corrected chi connectivity index (χ1v) is 4.25. The fourth-order valence-corrected chi connectivity index (χ4v) is 0.900. The van der Waals surface area contributed by atoms with Crippen LogP contribution in [0.4, 0.5) is 0 Å². The average molecular weight is 196 g/mol. The highest BCUT2D eigenvalue weighted by atomic mass is 16.4. The third kappa shape index (κ3) is 2.62. The van der Waals surface area contributed by atoms with Crippen molar-refractivity contribution < 1.29 is 14.7 Å². The largest absolute Gasteiger partial charge is 0.481 e. The third-order valence-corrected chi connectivity index (χ3v) is 1.85. The molecule has 76 valence electrons. The molecule has 3 N–H and O–H groups in total. The lowest BCUT2D eigenvalue weighted by Gasteiger charge is -2.06. The van der Waals surface area contributed by atoms with Crippen molar-refractivity contribution in [3.8, 4) is 0 Å². The molecule has 0 aromatic carbocycles. The van der Waals surface area contributed by atoms with Gasteiger partial charge < -0.3 is 15.4 Å². The molecule has 1 rings (SSSR count). The molecule has 0 aliphatic rings. The van der Waals surface area contributed by atoms with Crippen LogP contribution >= 0.6 is 0 Å². The molecule has 0 bridgehead atoms. The minimum absolute atomic E-state index is 0.138. The van der Waals surface area contributed by atoms with Crippen LogP contribution in [0.3, 0.4) is 0 Å². The predicted octanol–water partition coefficient (Wildman–Crippen LogP) is 0.465. The summed E-state index contributed by atoms with van der Waals surface area (Å²) in [5.74, 6) is -1.75. The Labute approximate surface area is 81.1 Å². The van der Waals surface area contributed by atoms with Crippen molar-refractivity contribution in [3.05, 3.63) is 24.0 Å². The van der Waals surface area contributed by atoms with E-state index in [1.54, 1.807) is 25.4 Å². The number of hydrogen-bond donors (Lipinski definition) is 3. The maximum absolute atomic E-state index is 11.3. The van der Waals surface area contributed by atoms with Crippen molar-refractivity contribution in [1.29, 1.82) is 0 Å². The van der Waals surface area contributed by atoms with E-state index in [1.165, 1.54) is 0 Å². The van der Waals surface area contributed by atoms with Gasteiger partial charge >= 0.3 is 5.97 Å². The zero-order valence-corrected chi connectivity index (χ0v) is 7.78. The lowest BCUT2D eigenvalue weighted by Crippen LogP contribution is -2.31. The monoisotopic (exact) mass is 196 g/mol. The van der Waals surface area contributed by atoms with E-state index in [2.05, 4.69) is 10.3 Å². The van der Waals surface area contributed by atoms with E-state index in [-0.39, 0.29) is 12.5 Å². The van der Waals surface area contributed by atoms with Crippen molar-refractivity contribution in [2.24, 2.45) is 5.92 Å². The maximum atomic E-state index is 11.3. The number of amides is 1. The highest BCUT2D eigenvalue weighted by molar-refractivity contribution is 5.94. The average Bonchev–Trinajstić information content (AvgIpc) is 2.66. The van der Waals surface area contributed by atoms with E-state index in [9.17, 15) is 9.59 Å². The summed E-state index contributed by atoms with van der Waals surface area (Å²) in [5.41, 5.74) is 0.502. The summed E-state index contributed by atoms with van der Waals surface area (Å²) in [4.78, 5) is 24.5. The van der Waals surface area contributed by atoms with Crippen LogP contribution in [0.25, 0.3) is 0 Å². The number of aliphatic carboxylic acids is 1. The van der Waals surface area contributed by atoms with Gasteiger partial charge in [-0.3, -0.25) is 9.59 Å². The number of carboxylic acid groups (broad SMARTS) is 1. The number of hydrogen-bond acceptors (Lipinski definition) is 2. The van der Waals surface area contributed by atoms with Gasteiger partial charge in [-0.2, -0.15) is 0 Å². The first kappa shape index (κ1) is 10.3. The quantitative estimate of drug-likeness (QED) is 0.654. The second-order valence-electron chi connectivity index (χ2n) is 3.05. The molecule has 1 aromatic heterocycles. The van der Waals surface area contributed by atoms with Crippen molar-refractivity contribution in [1.82, 2.24) is 10.3 Å². The van der Waals surface area contributed by atoms with Crippen LogP contribution in [0.1, 0.15) is 17.3 Å². The summed E-state index contributed by atoms with van der Waals surface area (Å²) < 4.78 is 0. The summed E-state index contributed by atoms with van der Waals surface area (Å²) in [6.45, 7) is 1.68. The van der Waals surface area contributed by atoms with Gasteiger partial charge in [-0.05, 0) is 6.07 Å². The van der Waals surface area contributed by atoms with Gasteiger partial charge in [0, 0.05) is 18.9 Å². The number of aromatic nitrogens is 1. The Morgan fingerprint density at radius 1 is 1.64 bits per heavy atom. The van der Waals surface area contributed by atoms with E-state index in [4.69, 9.17) is 5.11 Å². The molecule has 1 atom stereocenters. The number of H-pyrrole nitrogens is 1. The molecule has 5 heteroatoms. The fraction of sp³-hybridized carbons (Fsp3) is 0.333. The third-order valence-electron chi connectivity index (χ3n) is 1.85. The Morgan fingerprint density at radius 2 is 2.36 bits per heavy atom. The first-order valence-electron chi connectivity index (χ1n) is 4.25. The SMILES string of the molecule is CC(CNC(=O)c1cc[nH]c1)C(=O)O. The van der Waals surface area contributed by atoms with Crippen molar-refractivity contribution in [2.45, 2.75) is 6.92 Å². The summed E-state index contributed by atoms with van der Waals surface area (Å²) in [6.07, 6.45) is 3.19. The summed E-state index contributed by atoms with van der Waals surface area (Å²) in [7, 11) is 0. The van der Waals surface area contributed by atoms with Crippen LogP contribution in [0.15, 0.2) is 18.5 Å². The molecule has 0 saturated carbocycles. The second-order valence-corrected chi connectivity index (χ2v) is 3.05. The van der Waals surface area contributed by atoms with Gasteiger partial charge in [-0.25, -0.2) is 0 Å². The molecule has 0 fully saturated rings. The number of carboxylic acids is 1. The minimum Gasteiger partial charge on any atom is -0.481 e. The molecule has 0 aliphatic heterocycles. The van der Waals surface area contributed by atoms with Crippen molar-refractivity contribution in [3.63, 3.8) is 0 Å². The summed E-state index contributed by atoms with van der Waals surface area (Å²) in [5, 5.41) is 11.1. The van der Waals surface area contributed by atoms with Gasteiger partial charge in [0.25, 0.3) is 5.91 Å². The van der Waals surface area contributed by atoms with Crippen LogP contribution < -0.4 is 5.32 Å². The predicted molar refractivity (Wildman–Crippen MR) is 49.9 cm³/mol. The molecule has 14 heavy (non-hydrogen) atoms. The van der Waals surface area contributed by atoms with Crippen LogP contribution in [0.2, 0.25) is 0 Å². The van der Waals surface area contributed by atoms with Crippen molar-refractivity contribution >= 4 is 11.9 Å². The molecule has 0 radical (unpaired) electrons. The lowest BCUT2D eigenvalue weighted by atomic mass is 10.2. The van der Waals surface area contributed by atoms with Gasteiger partial charge in [0.2, 0.25) is 0 Å². The van der Waals surface area contributed by atoms with Gasteiger partial charge in [-0.1, -0.05) is 6.92 Å². The van der Waals surface area contributed by atoms with E-state index < -0.39 is 11.9 Å². The number of aromatic amines is 1. The van der Waals surface area contributed by atoms with E-state index in [1.807, 2.05) is 0 Å². The van der Waals surface area contributed by atoms with E-state index >= 15 is 0 Å². The molecule has 5 nitrogen and oxygen atoms in total. The standard InChI is InChI=1S/C9H12N2O3/c1-6(9(13)14)4-11-8(12)7-2-3-10-5-7/h2-3,5-6,10H,4H2,1H3,(H,11,12)(H,13,14). The molecule has 0 saturated heterocycles. The molecule has 1 heterocycles. The van der Waals surface area contributed by atoms with Crippen molar-refractivity contribution in [2.75, 3.05) is 6.54 Å². The van der Waals surface area contributed by atoms with Crippen LogP contribution in [0.5, 0.6) is 0 Å². The molecule has 1 amide bonds. The van der Waals surface area contributed by atoms with Gasteiger partial charge in [0.05, 0.1) is 11.5 Å². The summed E-state index contributed by atoms with van der Waals surface area (Å²) >= 11 is 0. The Kier molecular flexibility index (Phi) is 3.28. The molecular weight excluding hydrogens is 184 g/mol. The zero-order valence-electron chi connectivity index (χ0n) is 7.78. The van der Waals surface area contributed by atoms with Crippen LogP contribution in [0, 0.1) is 5.92 Å². The van der Waals surface area contributed by atoms with Gasteiger partial charge in [0.1, 0.15) is 0 Å². The van der Waals surface area contributed by atoms with Gasteiger partial charge in [-0.15, -0.1) is 0 Å². The highest BCUT2D eigenvalue weighted by Crippen LogP contribution is 1.97. The van der Waals surface area contributed by atoms with Gasteiger partial charge in [0.15, 0.2) is 0 Å². The second kappa shape index (κ2) is 4.45. The molecule has 0 spiro atoms.